The van der Waals surface area contributed by atoms with Crippen molar-refractivity contribution in [3.05, 3.63) is 40.4 Å². The van der Waals surface area contributed by atoms with Crippen molar-refractivity contribution in [1.29, 1.82) is 0 Å². The molecule has 0 atom stereocenters. The van der Waals surface area contributed by atoms with Crippen LogP contribution in [0, 0.1) is 5.82 Å². The van der Waals surface area contributed by atoms with E-state index >= 15 is 0 Å². The minimum absolute atomic E-state index is 0.334. The van der Waals surface area contributed by atoms with Gasteiger partial charge in [-0.25, -0.2) is 9.07 Å². The molecule has 1 aromatic heterocycles. The Hall–Kier alpha value is -1.27. The standard InChI is InChI=1S/C11H12BrFN4/c1-2-14-6-9-7-17(16-15-9)11-4-3-8(12)5-10(11)13/h3-5,7,14H,2,6H2,1H3. The summed E-state index contributed by atoms with van der Waals surface area (Å²) in [5.74, 6) is -0.334. The van der Waals surface area contributed by atoms with Crippen molar-refractivity contribution >= 4 is 15.9 Å². The molecule has 1 N–H and O–H groups in total. The number of rotatable bonds is 4. The second-order valence-electron chi connectivity index (χ2n) is 3.53. The maximum Gasteiger partial charge on any atom is 0.150 e. The molecule has 0 saturated carbocycles. The highest BCUT2D eigenvalue weighted by atomic mass is 79.9. The van der Waals surface area contributed by atoms with E-state index in [9.17, 15) is 4.39 Å². The number of halogens is 2. The summed E-state index contributed by atoms with van der Waals surface area (Å²) in [6.45, 7) is 3.51. The largest absolute Gasteiger partial charge is 0.311 e. The molecule has 0 unspecified atom stereocenters. The highest BCUT2D eigenvalue weighted by Crippen LogP contribution is 2.18. The van der Waals surface area contributed by atoms with Crippen LogP contribution in [0.5, 0.6) is 0 Å². The van der Waals surface area contributed by atoms with Crippen molar-refractivity contribution < 1.29 is 4.39 Å². The van der Waals surface area contributed by atoms with Gasteiger partial charge in [0.15, 0.2) is 0 Å². The van der Waals surface area contributed by atoms with Crippen molar-refractivity contribution in [1.82, 2.24) is 20.3 Å². The fourth-order valence-electron chi connectivity index (χ4n) is 1.42. The summed E-state index contributed by atoms with van der Waals surface area (Å²) in [6, 6.07) is 4.83. The molecule has 0 fully saturated rings. The predicted octanol–water partition coefficient (Wildman–Crippen LogP) is 2.28. The molecule has 0 aliphatic carbocycles. The van der Waals surface area contributed by atoms with Crippen molar-refractivity contribution in [2.45, 2.75) is 13.5 Å². The van der Waals surface area contributed by atoms with Crippen molar-refractivity contribution in [3.63, 3.8) is 0 Å². The molecule has 0 bridgehead atoms. The SMILES string of the molecule is CCNCc1cn(-c2ccc(Br)cc2F)nn1. The Balaban J connectivity index is 2.24. The van der Waals surface area contributed by atoms with Crippen molar-refractivity contribution in [2.24, 2.45) is 0 Å². The molecule has 0 saturated heterocycles. The molecule has 4 nitrogen and oxygen atoms in total. The first-order valence-corrected chi connectivity index (χ1v) is 6.07. The normalized spacial score (nSPS) is 10.8. The molecule has 17 heavy (non-hydrogen) atoms. The minimum Gasteiger partial charge on any atom is -0.311 e. The summed E-state index contributed by atoms with van der Waals surface area (Å²) in [5.41, 5.74) is 1.18. The van der Waals surface area contributed by atoms with Crippen LogP contribution in [-0.2, 0) is 6.54 Å². The van der Waals surface area contributed by atoms with Gasteiger partial charge in [-0.15, -0.1) is 5.10 Å². The Morgan fingerprint density at radius 1 is 1.47 bits per heavy atom. The zero-order valence-electron chi connectivity index (χ0n) is 9.32. The molecule has 6 heteroatoms. The summed E-state index contributed by atoms with van der Waals surface area (Å²) < 4.78 is 15.8. The number of benzene rings is 1. The first kappa shape index (κ1) is 12.2. The smallest absolute Gasteiger partial charge is 0.150 e. The summed E-state index contributed by atoms with van der Waals surface area (Å²) in [6.07, 6.45) is 1.72. The molecule has 90 valence electrons. The molecule has 2 aromatic rings. The summed E-state index contributed by atoms with van der Waals surface area (Å²) in [5, 5.41) is 11.0. The third-order valence-corrected chi connectivity index (χ3v) is 2.75. The van der Waals surface area contributed by atoms with Gasteiger partial charge < -0.3 is 5.32 Å². The van der Waals surface area contributed by atoms with E-state index in [-0.39, 0.29) is 5.82 Å². The topological polar surface area (TPSA) is 42.7 Å². The van der Waals surface area contributed by atoms with E-state index < -0.39 is 0 Å². The summed E-state index contributed by atoms with van der Waals surface area (Å²) >= 11 is 3.21. The molecule has 1 heterocycles. The Bertz CT molecular complexity index is 512. The van der Waals surface area contributed by atoms with Gasteiger partial charge in [0.2, 0.25) is 0 Å². The monoisotopic (exact) mass is 298 g/mol. The molecule has 0 aliphatic rings. The Morgan fingerprint density at radius 2 is 2.29 bits per heavy atom. The molecule has 1 aromatic carbocycles. The zero-order chi connectivity index (χ0) is 12.3. The third-order valence-electron chi connectivity index (χ3n) is 2.25. The quantitative estimate of drug-likeness (QED) is 0.942. The van der Waals surface area contributed by atoms with Crippen LogP contribution in [0.1, 0.15) is 12.6 Å². The van der Waals surface area contributed by atoms with Crippen molar-refractivity contribution in [2.75, 3.05) is 6.54 Å². The van der Waals surface area contributed by atoms with Gasteiger partial charge in [0, 0.05) is 11.0 Å². The van der Waals surface area contributed by atoms with E-state index in [4.69, 9.17) is 0 Å². The zero-order valence-corrected chi connectivity index (χ0v) is 10.9. The van der Waals surface area contributed by atoms with Gasteiger partial charge >= 0.3 is 0 Å². The van der Waals surface area contributed by atoms with E-state index in [1.165, 1.54) is 10.7 Å². The van der Waals surface area contributed by atoms with E-state index in [1.807, 2.05) is 6.92 Å². The summed E-state index contributed by atoms with van der Waals surface area (Å²) in [7, 11) is 0. The molecular formula is C11H12BrFN4. The van der Waals surface area contributed by atoms with Gasteiger partial charge in [-0.3, -0.25) is 0 Å². The molecule has 0 aliphatic heterocycles. The van der Waals surface area contributed by atoms with Gasteiger partial charge in [-0.1, -0.05) is 28.1 Å². The lowest BCUT2D eigenvalue weighted by Gasteiger charge is -2.01. The number of hydrogen-bond donors (Lipinski definition) is 1. The lowest BCUT2D eigenvalue weighted by atomic mass is 10.3. The van der Waals surface area contributed by atoms with Crippen LogP contribution in [0.25, 0.3) is 5.69 Å². The molecule has 0 amide bonds. The molecule has 0 spiro atoms. The van der Waals surface area contributed by atoms with E-state index in [0.29, 0.717) is 16.7 Å². The van der Waals surface area contributed by atoms with Crippen LogP contribution in [-0.4, -0.2) is 21.5 Å². The van der Waals surface area contributed by atoms with Gasteiger partial charge in [-0.2, -0.15) is 0 Å². The maximum atomic E-state index is 13.7. The number of nitrogens with zero attached hydrogens (tertiary/aromatic N) is 3. The maximum absolute atomic E-state index is 13.7. The first-order valence-electron chi connectivity index (χ1n) is 5.28. The highest BCUT2D eigenvalue weighted by Gasteiger charge is 2.07. The van der Waals surface area contributed by atoms with Crippen LogP contribution in [0.3, 0.4) is 0 Å². The van der Waals surface area contributed by atoms with Crippen molar-refractivity contribution in [3.8, 4) is 5.69 Å². The fourth-order valence-corrected chi connectivity index (χ4v) is 1.75. The number of aromatic nitrogens is 3. The van der Waals surface area contributed by atoms with E-state index in [0.717, 1.165) is 12.2 Å². The van der Waals surface area contributed by atoms with E-state index in [2.05, 4.69) is 31.6 Å². The van der Waals surface area contributed by atoms with Crippen LogP contribution in [0.2, 0.25) is 0 Å². The highest BCUT2D eigenvalue weighted by molar-refractivity contribution is 9.10. The van der Waals surface area contributed by atoms with Crippen LogP contribution in [0.4, 0.5) is 4.39 Å². The molecular weight excluding hydrogens is 287 g/mol. The van der Waals surface area contributed by atoms with Gasteiger partial charge in [0.1, 0.15) is 11.5 Å². The average Bonchev–Trinajstić information content (AvgIpc) is 2.75. The lowest BCUT2D eigenvalue weighted by molar-refractivity contribution is 0.606. The Labute approximate surface area is 107 Å². The second kappa shape index (κ2) is 5.37. The fraction of sp³-hybridized carbons (Fsp3) is 0.273. The Kier molecular flexibility index (Phi) is 3.86. The van der Waals surface area contributed by atoms with Crippen LogP contribution < -0.4 is 5.32 Å². The summed E-state index contributed by atoms with van der Waals surface area (Å²) in [4.78, 5) is 0. The predicted molar refractivity (Wildman–Crippen MR) is 66.4 cm³/mol. The minimum atomic E-state index is -0.334. The average molecular weight is 299 g/mol. The van der Waals surface area contributed by atoms with Gasteiger partial charge in [0.05, 0.1) is 11.9 Å². The van der Waals surface area contributed by atoms with Gasteiger partial charge in [-0.05, 0) is 24.7 Å². The lowest BCUT2D eigenvalue weighted by Crippen LogP contribution is -2.11. The molecule has 2 rings (SSSR count). The van der Waals surface area contributed by atoms with Crippen LogP contribution in [0.15, 0.2) is 28.9 Å². The number of hydrogen-bond acceptors (Lipinski definition) is 3. The Morgan fingerprint density at radius 3 is 3.00 bits per heavy atom. The third kappa shape index (κ3) is 2.89. The molecule has 0 radical (unpaired) electrons. The van der Waals surface area contributed by atoms with Crippen LogP contribution >= 0.6 is 15.9 Å². The second-order valence-corrected chi connectivity index (χ2v) is 4.45. The first-order chi connectivity index (χ1) is 8.20. The van der Waals surface area contributed by atoms with Gasteiger partial charge in [0.25, 0.3) is 0 Å². The number of nitrogens with one attached hydrogen (secondary N) is 1. The van der Waals surface area contributed by atoms with E-state index in [1.54, 1.807) is 18.3 Å².